The second-order valence-electron chi connectivity index (χ2n) is 9.16. The fourth-order valence-electron chi connectivity index (χ4n) is 4.40. The molecule has 0 aromatic rings. The van der Waals surface area contributed by atoms with E-state index in [4.69, 9.17) is 0 Å². The Balaban J connectivity index is 1.59. The van der Waals surface area contributed by atoms with Gasteiger partial charge >= 0.3 is 12.4 Å². The molecule has 10 heteroatoms. The molecule has 0 saturated heterocycles. The molecular weight excluding hydrogens is 462 g/mol. The molecule has 192 valence electrons. The Labute approximate surface area is 195 Å². The highest BCUT2D eigenvalue weighted by Crippen LogP contribution is 2.40. The number of hydrogen-bond donors (Lipinski definition) is 2. The molecule has 0 bridgehead atoms. The Morgan fingerprint density at radius 2 is 1.15 bits per heavy atom. The zero-order valence-electron chi connectivity index (χ0n) is 19.0. The Hall–Kier alpha value is -2.26. The molecule has 0 aromatic heterocycles. The summed E-state index contributed by atoms with van der Waals surface area (Å²) in [6, 6.07) is 0. The SMILES string of the molecule is C=C(CCNC(=O)/C=C/C1CCC(C(F)(F)F)CC1)NC(=O)/C=C/C1CCC(C(F)(F)F)CC1. The van der Waals surface area contributed by atoms with Crippen molar-refractivity contribution in [2.75, 3.05) is 6.54 Å². The average Bonchev–Trinajstić information content (AvgIpc) is 2.75. The number of allylic oxidation sites excluding steroid dienone is 2. The first kappa shape index (κ1) is 28.0. The summed E-state index contributed by atoms with van der Waals surface area (Å²) in [4.78, 5) is 23.9. The van der Waals surface area contributed by atoms with Crippen LogP contribution in [0.15, 0.2) is 36.6 Å². The van der Waals surface area contributed by atoms with Crippen molar-refractivity contribution in [1.82, 2.24) is 10.6 Å². The van der Waals surface area contributed by atoms with Crippen LogP contribution in [-0.4, -0.2) is 30.7 Å². The summed E-state index contributed by atoms with van der Waals surface area (Å²) >= 11 is 0. The van der Waals surface area contributed by atoms with Crippen LogP contribution in [0.3, 0.4) is 0 Å². The van der Waals surface area contributed by atoms with Gasteiger partial charge in [0.15, 0.2) is 0 Å². The third kappa shape index (κ3) is 9.93. The van der Waals surface area contributed by atoms with Crippen LogP contribution in [0.25, 0.3) is 0 Å². The monoisotopic (exact) mass is 494 g/mol. The molecule has 2 N–H and O–H groups in total. The fraction of sp³-hybridized carbons (Fsp3) is 0.667. The first-order chi connectivity index (χ1) is 15.8. The van der Waals surface area contributed by atoms with Crippen molar-refractivity contribution in [1.29, 1.82) is 0 Å². The molecule has 0 atom stereocenters. The highest BCUT2D eigenvalue weighted by Gasteiger charge is 2.41. The quantitative estimate of drug-likeness (QED) is 0.323. The number of carbonyl (C=O) groups is 2. The molecule has 2 rings (SSSR count). The fourth-order valence-corrected chi connectivity index (χ4v) is 4.40. The molecular formula is C24H32F6N2O2. The lowest BCUT2D eigenvalue weighted by Gasteiger charge is -2.28. The molecule has 0 heterocycles. The summed E-state index contributed by atoms with van der Waals surface area (Å²) in [5.74, 6) is -3.43. The first-order valence-electron chi connectivity index (χ1n) is 11.6. The van der Waals surface area contributed by atoms with Crippen molar-refractivity contribution in [3.63, 3.8) is 0 Å². The van der Waals surface area contributed by atoms with Crippen molar-refractivity contribution < 1.29 is 35.9 Å². The smallest absolute Gasteiger partial charge is 0.352 e. The van der Waals surface area contributed by atoms with Crippen LogP contribution in [0.2, 0.25) is 0 Å². The Morgan fingerprint density at radius 3 is 1.56 bits per heavy atom. The minimum Gasteiger partial charge on any atom is -0.352 e. The van der Waals surface area contributed by atoms with Gasteiger partial charge in [-0.3, -0.25) is 9.59 Å². The van der Waals surface area contributed by atoms with E-state index in [0.717, 1.165) is 0 Å². The van der Waals surface area contributed by atoms with Crippen LogP contribution in [0, 0.1) is 23.7 Å². The Bertz CT molecular complexity index is 756. The molecule has 0 aromatic carbocycles. The van der Waals surface area contributed by atoms with Crippen LogP contribution < -0.4 is 10.6 Å². The summed E-state index contributed by atoms with van der Waals surface area (Å²) in [6.07, 6.45) is -0.284. The van der Waals surface area contributed by atoms with E-state index in [1.54, 1.807) is 12.2 Å². The van der Waals surface area contributed by atoms with Gasteiger partial charge in [-0.1, -0.05) is 18.7 Å². The van der Waals surface area contributed by atoms with Crippen LogP contribution in [0.1, 0.15) is 57.8 Å². The molecule has 2 amide bonds. The number of amides is 2. The molecule has 0 aliphatic heterocycles. The highest BCUT2D eigenvalue weighted by atomic mass is 19.4. The maximum atomic E-state index is 12.7. The van der Waals surface area contributed by atoms with Crippen molar-refractivity contribution in [2.45, 2.75) is 70.1 Å². The minimum atomic E-state index is -4.16. The maximum Gasteiger partial charge on any atom is 0.391 e. The lowest BCUT2D eigenvalue weighted by molar-refractivity contribution is -0.183. The van der Waals surface area contributed by atoms with E-state index in [1.807, 2.05) is 0 Å². The summed E-state index contributed by atoms with van der Waals surface area (Å²) in [7, 11) is 0. The molecule has 0 unspecified atom stereocenters. The van der Waals surface area contributed by atoms with E-state index in [-0.39, 0.29) is 56.4 Å². The predicted molar refractivity (Wildman–Crippen MR) is 116 cm³/mol. The van der Waals surface area contributed by atoms with E-state index in [1.165, 1.54) is 12.2 Å². The summed E-state index contributed by atoms with van der Waals surface area (Å²) in [5, 5.41) is 5.20. The molecule has 2 fully saturated rings. The number of alkyl halides is 6. The van der Waals surface area contributed by atoms with Crippen molar-refractivity contribution >= 4 is 11.8 Å². The van der Waals surface area contributed by atoms with Gasteiger partial charge in [-0.05, 0) is 75.4 Å². The zero-order valence-corrected chi connectivity index (χ0v) is 19.0. The number of hydrogen-bond acceptors (Lipinski definition) is 2. The van der Waals surface area contributed by atoms with Gasteiger partial charge in [0.1, 0.15) is 0 Å². The average molecular weight is 495 g/mol. The number of nitrogens with one attached hydrogen (secondary N) is 2. The summed E-state index contributed by atoms with van der Waals surface area (Å²) in [5.41, 5.74) is 0.380. The molecule has 0 spiro atoms. The van der Waals surface area contributed by atoms with Gasteiger partial charge in [0.2, 0.25) is 11.8 Å². The molecule has 2 saturated carbocycles. The van der Waals surface area contributed by atoms with Crippen LogP contribution >= 0.6 is 0 Å². The zero-order chi connectivity index (χ0) is 25.4. The van der Waals surface area contributed by atoms with E-state index >= 15 is 0 Å². The summed E-state index contributed by atoms with van der Waals surface area (Å²) < 4.78 is 76.2. The third-order valence-corrected chi connectivity index (χ3v) is 6.54. The normalized spacial score (nSPS) is 26.5. The predicted octanol–water partition coefficient (Wildman–Crippen LogP) is 5.97. The topological polar surface area (TPSA) is 58.2 Å². The molecule has 2 aliphatic carbocycles. The standard InChI is InChI=1S/C24H32F6N2O2/c1-16(32-22(34)13-7-18-4-10-20(11-5-18)24(28,29)30)14-15-31-21(33)12-6-17-2-8-19(9-3-17)23(25,26)27/h6-7,12-13,17-20H,1-5,8-11,14-15H2,(H,31,33)(H,32,34)/b12-6+,13-7+. The molecule has 2 aliphatic rings. The molecule has 4 nitrogen and oxygen atoms in total. The lowest BCUT2D eigenvalue weighted by atomic mass is 9.81. The van der Waals surface area contributed by atoms with Crippen LogP contribution in [-0.2, 0) is 9.59 Å². The van der Waals surface area contributed by atoms with Gasteiger partial charge in [0, 0.05) is 18.7 Å². The van der Waals surface area contributed by atoms with Gasteiger partial charge < -0.3 is 10.6 Å². The van der Waals surface area contributed by atoms with E-state index < -0.39 is 30.1 Å². The second-order valence-corrected chi connectivity index (χ2v) is 9.16. The first-order valence-corrected chi connectivity index (χ1v) is 11.6. The van der Waals surface area contributed by atoms with Crippen LogP contribution in [0.4, 0.5) is 26.3 Å². The Kier molecular flexibility index (Phi) is 10.2. The minimum absolute atomic E-state index is 0.0473. The van der Waals surface area contributed by atoms with E-state index in [0.29, 0.717) is 31.4 Å². The summed E-state index contributed by atoms with van der Waals surface area (Å²) in [6.45, 7) is 3.93. The largest absolute Gasteiger partial charge is 0.391 e. The van der Waals surface area contributed by atoms with Crippen molar-refractivity contribution in [3.8, 4) is 0 Å². The molecule has 34 heavy (non-hydrogen) atoms. The van der Waals surface area contributed by atoms with Gasteiger partial charge in [-0.25, -0.2) is 0 Å². The highest BCUT2D eigenvalue weighted by molar-refractivity contribution is 5.89. The third-order valence-electron chi connectivity index (χ3n) is 6.54. The van der Waals surface area contributed by atoms with Gasteiger partial charge in [0.05, 0.1) is 11.8 Å². The molecule has 0 radical (unpaired) electrons. The van der Waals surface area contributed by atoms with Gasteiger partial charge in [-0.15, -0.1) is 0 Å². The Morgan fingerprint density at radius 1 is 0.735 bits per heavy atom. The van der Waals surface area contributed by atoms with Gasteiger partial charge in [0.25, 0.3) is 0 Å². The van der Waals surface area contributed by atoms with E-state index in [9.17, 15) is 35.9 Å². The van der Waals surface area contributed by atoms with Gasteiger partial charge in [-0.2, -0.15) is 26.3 Å². The number of rotatable bonds is 8. The maximum absolute atomic E-state index is 12.7. The van der Waals surface area contributed by atoms with E-state index in [2.05, 4.69) is 17.2 Å². The second kappa shape index (κ2) is 12.4. The van der Waals surface area contributed by atoms with Crippen molar-refractivity contribution in [3.05, 3.63) is 36.6 Å². The number of halogens is 6. The van der Waals surface area contributed by atoms with Crippen molar-refractivity contribution in [2.24, 2.45) is 23.7 Å². The lowest BCUT2D eigenvalue weighted by Crippen LogP contribution is -2.28. The van der Waals surface area contributed by atoms with Crippen LogP contribution in [0.5, 0.6) is 0 Å². The number of carbonyl (C=O) groups excluding carboxylic acids is 2.